The standard InChI is InChI=1S/C19H17Cl2NO4.C15H16F3N5O4S.C15H18N6O6S/c1-2-26-19(25)16(21)10-11-9-12(7-8-15(11)20)22-17(23)13-5-3-4-6-14(13)18(22)24;1-9-19-12(22-14(20-9)27-2)21-13(24)23-28(25,26)11-6-4-3-5-10(11)7-8-15(16,17)18;1-21(2)13(22)9-6-5-7-16-12(9)28(24,25)20-15(23)19-14-17-10(26-3)8-11(18-14)27-4/h7-10H,2-6H2,1H3;3-6H,7-8H2,1-2H3,(H2,19,20,21,22,23,24);5-8H,1-4H3,(H2,17,18,19,20,23)/b16-10-;;. The maximum Gasteiger partial charge on any atom is 0.389 e. The Morgan fingerprint density at radius 3 is 1.93 bits per heavy atom. The minimum Gasteiger partial charge on any atom is -0.481 e. The second-order valence-electron chi connectivity index (χ2n) is 16.9. The van der Waals surface area contributed by atoms with Crippen LogP contribution in [0.5, 0.6) is 17.8 Å². The number of hydrogen-bond donors (Lipinski definition) is 4. The number of carbonyl (C=O) groups excluding carboxylic acids is 6. The number of nitrogens with zero attached hydrogens (tertiary/aromatic N) is 8. The van der Waals surface area contributed by atoms with Crippen LogP contribution in [0.1, 0.15) is 66.3 Å². The van der Waals surface area contributed by atoms with Crippen LogP contribution in [0.2, 0.25) is 5.02 Å². The van der Waals surface area contributed by atoms with Gasteiger partial charge in [0.2, 0.25) is 23.7 Å². The zero-order valence-corrected chi connectivity index (χ0v) is 47.5. The average molecular weight is 1220 g/mol. The van der Waals surface area contributed by atoms with Crippen LogP contribution in [0.4, 0.5) is 40.3 Å². The Balaban J connectivity index is 0.000000226. The van der Waals surface area contributed by atoms with Gasteiger partial charge in [0.1, 0.15) is 10.9 Å². The Labute approximate surface area is 476 Å². The molecule has 0 fully saturated rings. The van der Waals surface area contributed by atoms with Crippen molar-refractivity contribution >= 4 is 103 Å². The number of pyridine rings is 1. The maximum atomic E-state index is 12.7. The highest BCUT2D eigenvalue weighted by atomic mass is 35.5. The summed E-state index contributed by atoms with van der Waals surface area (Å²) in [5.74, 6) is -1.94. The number of rotatable bonds is 16. The van der Waals surface area contributed by atoms with Gasteiger partial charge >= 0.3 is 30.2 Å². The molecule has 3 aromatic heterocycles. The van der Waals surface area contributed by atoms with Crippen molar-refractivity contribution in [2.75, 3.05) is 57.6 Å². The number of sulfonamides is 2. The lowest BCUT2D eigenvalue weighted by Crippen LogP contribution is -2.36. The molecule has 26 nitrogen and oxygen atoms in total. The number of urea groups is 2. The number of alkyl halides is 3. The molecule has 2 aliphatic rings. The van der Waals surface area contributed by atoms with Crippen LogP contribution in [-0.2, 0) is 45.6 Å². The van der Waals surface area contributed by atoms with E-state index in [0.717, 1.165) is 18.9 Å². The lowest BCUT2D eigenvalue weighted by atomic mass is 9.93. The molecule has 33 heteroatoms. The fourth-order valence-corrected chi connectivity index (χ4v) is 9.84. The SMILES string of the molecule is CCOC(=O)/C(Cl)=C/c1cc(N2C(=O)C3=C(CCCC3)C2=O)ccc1Cl.COc1cc(OC)nc(NC(=O)NS(=O)(=O)c2ncccc2C(=O)N(C)C)n1.COc1nc(C)nc(NC(=O)NS(=O)(=O)c2ccccc2CCC(F)(F)F)n1. The Kier molecular flexibility index (Phi) is 22.1. The summed E-state index contributed by atoms with van der Waals surface area (Å²) in [6.45, 7) is 3.38. The lowest BCUT2D eigenvalue weighted by molar-refractivity contribution is -0.137. The first-order valence-corrected chi connectivity index (χ1v) is 27.5. The van der Waals surface area contributed by atoms with Crippen LogP contribution in [0.25, 0.3) is 6.08 Å². The molecule has 82 heavy (non-hydrogen) atoms. The average Bonchev–Trinajstić information content (AvgIpc) is 3.96. The van der Waals surface area contributed by atoms with Crippen LogP contribution in [0, 0.1) is 6.92 Å². The summed E-state index contributed by atoms with van der Waals surface area (Å²) in [4.78, 5) is 98.0. The first-order valence-electron chi connectivity index (χ1n) is 23.8. The number of halogens is 5. The molecule has 0 spiro atoms. The van der Waals surface area contributed by atoms with Gasteiger partial charge in [-0.1, -0.05) is 41.4 Å². The van der Waals surface area contributed by atoms with Crippen molar-refractivity contribution in [1.82, 2.24) is 44.2 Å². The molecule has 1 aliphatic carbocycles. The molecular weight excluding hydrogens is 1170 g/mol. The summed E-state index contributed by atoms with van der Waals surface area (Å²) in [6, 6.07) is 11.5. The zero-order chi connectivity index (χ0) is 60.7. The number of anilines is 3. The van der Waals surface area contributed by atoms with E-state index in [4.69, 9.17) is 42.1 Å². The third-order valence-electron chi connectivity index (χ3n) is 10.9. The number of aromatic nitrogens is 6. The predicted octanol–water partition coefficient (Wildman–Crippen LogP) is 6.52. The minimum atomic E-state index is -4.46. The Morgan fingerprint density at radius 1 is 0.780 bits per heavy atom. The second-order valence-corrected chi connectivity index (χ2v) is 21.0. The number of ether oxygens (including phenoxy) is 4. The predicted molar refractivity (Wildman–Crippen MR) is 288 cm³/mol. The van der Waals surface area contributed by atoms with Crippen LogP contribution in [0.3, 0.4) is 0 Å². The molecule has 0 saturated heterocycles. The summed E-state index contributed by atoms with van der Waals surface area (Å²) in [5.41, 5.74) is 1.78. The molecule has 7 amide bonds. The number of carbonyl (C=O) groups is 6. The van der Waals surface area contributed by atoms with E-state index in [2.05, 4.69) is 40.5 Å². The minimum absolute atomic E-state index is 0.0715. The van der Waals surface area contributed by atoms with Crippen LogP contribution >= 0.6 is 23.2 Å². The van der Waals surface area contributed by atoms with E-state index in [1.165, 1.54) is 101 Å². The van der Waals surface area contributed by atoms with Gasteiger partial charge in [0.05, 0.1) is 50.1 Å². The van der Waals surface area contributed by atoms with E-state index in [9.17, 15) is 58.8 Å². The molecule has 0 radical (unpaired) electrons. The molecule has 0 bridgehead atoms. The summed E-state index contributed by atoms with van der Waals surface area (Å²) < 4.78 is 110. The first-order chi connectivity index (χ1) is 38.6. The Morgan fingerprint density at radius 2 is 1.37 bits per heavy atom. The first kappa shape index (κ1) is 64.3. The molecule has 0 saturated carbocycles. The van der Waals surface area contributed by atoms with E-state index in [-0.39, 0.29) is 70.1 Å². The molecular formula is C49H51Cl2F3N12O14S2. The topological polar surface area (TPSA) is 340 Å². The molecule has 5 aromatic rings. The monoisotopic (exact) mass is 1220 g/mol. The van der Waals surface area contributed by atoms with Crippen LogP contribution in [-0.4, -0.2) is 136 Å². The van der Waals surface area contributed by atoms with Crippen molar-refractivity contribution in [3.8, 4) is 17.8 Å². The highest BCUT2D eigenvalue weighted by Gasteiger charge is 2.40. The van der Waals surface area contributed by atoms with E-state index in [1.54, 1.807) is 34.6 Å². The zero-order valence-electron chi connectivity index (χ0n) is 44.4. The summed E-state index contributed by atoms with van der Waals surface area (Å²) in [6.07, 6.45) is -0.556. The lowest BCUT2D eigenvalue weighted by Gasteiger charge is -2.16. The van der Waals surface area contributed by atoms with Crippen LogP contribution in [0.15, 0.2) is 93.0 Å². The number of esters is 1. The largest absolute Gasteiger partial charge is 0.481 e. The van der Waals surface area contributed by atoms with Gasteiger partial charge < -0.3 is 23.8 Å². The second kappa shape index (κ2) is 28.2. The highest BCUT2D eigenvalue weighted by molar-refractivity contribution is 7.90. The van der Waals surface area contributed by atoms with Crippen molar-refractivity contribution in [2.24, 2.45) is 0 Å². The van der Waals surface area contributed by atoms with Crippen molar-refractivity contribution in [3.05, 3.63) is 111 Å². The third kappa shape index (κ3) is 17.5. The van der Waals surface area contributed by atoms with Gasteiger partial charge in [0.15, 0.2) is 5.03 Å². The summed E-state index contributed by atoms with van der Waals surface area (Å²) in [7, 11) is -1.99. The van der Waals surface area contributed by atoms with Gasteiger partial charge in [0.25, 0.3) is 37.8 Å². The van der Waals surface area contributed by atoms with Crippen molar-refractivity contribution in [3.63, 3.8) is 0 Å². The molecule has 438 valence electrons. The van der Waals surface area contributed by atoms with E-state index in [0.29, 0.717) is 40.3 Å². The van der Waals surface area contributed by atoms with Crippen molar-refractivity contribution in [1.29, 1.82) is 0 Å². The molecule has 4 heterocycles. The van der Waals surface area contributed by atoms with Crippen molar-refractivity contribution < 1.29 is 77.7 Å². The number of methoxy groups -OCH3 is 3. The number of hydrogen-bond acceptors (Lipinski definition) is 20. The number of nitrogens with one attached hydrogen (secondary N) is 4. The maximum absolute atomic E-state index is 12.7. The molecule has 2 aromatic carbocycles. The van der Waals surface area contributed by atoms with Crippen molar-refractivity contribution in [2.45, 2.75) is 68.5 Å². The quantitative estimate of drug-likeness (QED) is 0.0464. The van der Waals surface area contributed by atoms with Gasteiger partial charge in [-0.05, 0) is 99.6 Å². The highest BCUT2D eigenvalue weighted by Crippen LogP contribution is 2.37. The third-order valence-corrected chi connectivity index (χ3v) is 14.2. The van der Waals surface area contributed by atoms with Gasteiger partial charge in [-0.25, -0.2) is 42.1 Å². The van der Waals surface area contributed by atoms with Crippen LogP contribution < -0.4 is 39.2 Å². The number of aryl methyl sites for hydroxylation is 2. The Bertz CT molecular complexity index is 3510. The molecule has 1 aliphatic heterocycles. The number of imide groups is 1. The molecule has 4 N–H and O–H groups in total. The number of benzene rings is 2. The van der Waals surface area contributed by atoms with E-state index >= 15 is 0 Å². The smallest absolute Gasteiger partial charge is 0.389 e. The van der Waals surface area contributed by atoms with E-state index in [1.807, 2.05) is 0 Å². The van der Waals surface area contributed by atoms with Gasteiger partial charge in [-0.15, -0.1) is 0 Å². The summed E-state index contributed by atoms with van der Waals surface area (Å²) >= 11 is 12.1. The fourth-order valence-electron chi connectivity index (χ4n) is 7.28. The normalized spacial score (nSPS) is 13.3. The molecule has 0 atom stereocenters. The van der Waals surface area contributed by atoms with Gasteiger partial charge in [-0.2, -0.15) is 46.5 Å². The number of amides is 7. The van der Waals surface area contributed by atoms with Gasteiger partial charge in [-0.3, -0.25) is 25.0 Å². The summed E-state index contributed by atoms with van der Waals surface area (Å²) in [5, 5.41) is 3.88. The fraction of sp³-hybridized carbons (Fsp3) is 0.306. The Hall–Kier alpha value is -8.55. The van der Waals surface area contributed by atoms with Gasteiger partial charge in [0, 0.05) is 42.9 Å². The van der Waals surface area contributed by atoms with E-state index < -0.39 is 72.9 Å². The molecule has 7 rings (SSSR count). The molecule has 0 unspecified atom stereocenters.